The Morgan fingerprint density at radius 2 is 1.79 bits per heavy atom. The monoisotopic (exact) mass is 396 g/mol. The average molecular weight is 397 g/mol. The van der Waals surface area contributed by atoms with Crippen LogP contribution < -0.4 is 10.1 Å². The molecule has 3 aromatic carbocycles. The molecule has 144 valence electrons. The Kier molecular flexibility index (Phi) is 6.16. The van der Waals surface area contributed by atoms with Gasteiger partial charge in [0.1, 0.15) is 5.75 Å². The highest BCUT2D eigenvalue weighted by molar-refractivity contribution is 6.31. The molecule has 0 saturated carbocycles. The molecule has 0 aliphatic carbocycles. The molecule has 0 saturated heterocycles. The summed E-state index contributed by atoms with van der Waals surface area (Å²) in [5.74, 6) is 0.303. The summed E-state index contributed by atoms with van der Waals surface area (Å²) < 4.78 is 5.24. The minimum atomic E-state index is -0.330. The molecule has 0 atom stereocenters. The highest BCUT2D eigenvalue weighted by atomic mass is 35.5. The maximum atomic E-state index is 12.4. The van der Waals surface area contributed by atoms with Crippen molar-refractivity contribution in [1.29, 1.82) is 0 Å². The molecule has 3 aromatic rings. The molecule has 0 fully saturated rings. The van der Waals surface area contributed by atoms with Gasteiger partial charge in [-0.1, -0.05) is 35.9 Å². The van der Waals surface area contributed by atoms with Gasteiger partial charge >= 0.3 is 0 Å². The van der Waals surface area contributed by atoms with Crippen molar-refractivity contribution in [2.75, 3.05) is 20.7 Å². The summed E-state index contributed by atoms with van der Waals surface area (Å²) in [5, 5.41) is 5.26. The second-order valence-corrected chi connectivity index (χ2v) is 6.93. The van der Waals surface area contributed by atoms with Crippen LogP contribution >= 0.6 is 11.6 Å². The lowest BCUT2D eigenvalue weighted by molar-refractivity contribution is -0.129. The van der Waals surface area contributed by atoms with Crippen molar-refractivity contribution < 1.29 is 14.3 Å². The lowest BCUT2D eigenvalue weighted by Crippen LogP contribution is -2.37. The van der Waals surface area contributed by atoms with Crippen LogP contribution in [0.25, 0.3) is 10.8 Å². The molecule has 0 aromatic heterocycles. The molecule has 28 heavy (non-hydrogen) atoms. The van der Waals surface area contributed by atoms with E-state index in [0.29, 0.717) is 17.1 Å². The predicted octanol–water partition coefficient (Wildman–Crippen LogP) is 3.89. The molecule has 0 bridgehead atoms. The number of nitrogens with one attached hydrogen (secondary N) is 1. The Morgan fingerprint density at radius 3 is 2.54 bits per heavy atom. The highest BCUT2D eigenvalue weighted by Gasteiger charge is 2.12. The fraction of sp³-hybridized carbons (Fsp3) is 0.182. The average Bonchev–Trinajstić information content (AvgIpc) is 2.71. The molecule has 2 amide bonds. The quantitative estimate of drug-likeness (QED) is 0.687. The van der Waals surface area contributed by atoms with Gasteiger partial charge in [0, 0.05) is 24.2 Å². The van der Waals surface area contributed by atoms with Gasteiger partial charge in [-0.3, -0.25) is 9.59 Å². The van der Waals surface area contributed by atoms with E-state index in [0.717, 1.165) is 22.1 Å². The smallest absolute Gasteiger partial charge is 0.251 e. The third-order valence-corrected chi connectivity index (χ3v) is 4.68. The fourth-order valence-corrected chi connectivity index (χ4v) is 3.07. The van der Waals surface area contributed by atoms with Gasteiger partial charge in [0.25, 0.3) is 5.91 Å². The number of likely N-dealkylation sites (N-methyl/N-ethyl adjacent to an activating group) is 1. The summed E-state index contributed by atoms with van der Waals surface area (Å²) in [6.45, 7) is 0.375. The zero-order valence-electron chi connectivity index (χ0n) is 15.7. The van der Waals surface area contributed by atoms with Crippen LogP contribution in [0.4, 0.5) is 0 Å². The number of halogens is 1. The first-order valence-corrected chi connectivity index (χ1v) is 9.18. The lowest BCUT2D eigenvalue weighted by Gasteiger charge is -2.18. The van der Waals surface area contributed by atoms with E-state index in [9.17, 15) is 9.59 Å². The Labute approximate surface area is 168 Å². The summed E-state index contributed by atoms with van der Waals surface area (Å²) >= 11 is 5.89. The van der Waals surface area contributed by atoms with Crippen LogP contribution in [0.3, 0.4) is 0 Å². The number of nitrogens with zero attached hydrogens (tertiary/aromatic N) is 1. The molecule has 0 aliphatic heterocycles. The van der Waals surface area contributed by atoms with Gasteiger partial charge < -0.3 is 15.0 Å². The second kappa shape index (κ2) is 8.76. The minimum absolute atomic E-state index is 0.0768. The number of ether oxygens (including phenoxy) is 1. The minimum Gasteiger partial charge on any atom is -0.497 e. The predicted molar refractivity (Wildman–Crippen MR) is 111 cm³/mol. The van der Waals surface area contributed by atoms with E-state index >= 15 is 0 Å². The first-order chi connectivity index (χ1) is 13.5. The van der Waals surface area contributed by atoms with Gasteiger partial charge in [0.05, 0.1) is 13.7 Å². The van der Waals surface area contributed by atoms with Crippen molar-refractivity contribution in [3.8, 4) is 5.75 Å². The summed E-state index contributed by atoms with van der Waals surface area (Å²) in [6, 6.07) is 18.5. The van der Waals surface area contributed by atoms with E-state index in [-0.39, 0.29) is 18.4 Å². The van der Waals surface area contributed by atoms with Gasteiger partial charge in [0.2, 0.25) is 5.91 Å². The van der Waals surface area contributed by atoms with Crippen molar-refractivity contribution in [1.82, 2.24) is 10.2 Å². The molecule has 1 N–H and O–H groups in total. The molecule has 5 nitrogen and oxygen atoms in total. The number of benzene rings is 3. The van der Waals surface area contributed by atoms with Crippen molar-refractivity contribution in [2.24, 2.45) is 0 Å². The maximum absolute atomic E-state index is 12.4. The molecular weight excluding hydrogens is 376 g/mol. The summed E-state index contributed by atoms with van der Waals surface area (Å²) in [4.78, 5) is 26.1. The van der Waals surface area contributed by atoms with Crippen molar-refractivity contribution in [3.63, 3.8) is 0 Å². The van der Waals surface area contributed by atoms with Gasteiger partial charge in [0.15, 0.2) is 0 Å². The van der Waals surface area contributed by atoms with Gasteiger partial charge in [-0.05, 0) is 52.7 Å². The summed E-state index contributed by atoms with van der Waals surface area (Å²) in [5.41, 5.74) is 1.43. The van der Waals surface area contributed by atoms with Crippen molar-refractivity contribution >= 4 is 34.2 Å². The molecule has 0 aliphatic rings. The highest BCUT2D eigenvalue weighted by Crippen LogP contribution is 2.22. The van der Waals surface area contributed by atoms with Crippen LogP contribution in [0.2, 0.25) is 5.02 Å². The standard InChI is InChI=1S/C22H21ClN2O3/c1-25(21(26)13-24-22(27)18-4-3-5-19(23)11-18)14-15-6-7-17-12-20(28-2)9-8-16(17)10-15/h3-12H,13-14H2,1-2H3,(H,24,27). The Morgan fingerprint density at radius 1 is 1.04 bits per heavy atom. The van der Waals surface area contributed by atoms with Crippen molar-refractivity contribution in [3.05, 3.63) is 76.8 Å². The van der Waals surface area contributed by atoms with E-state index in [4.69, 9.17) is 16.3 Å². The number of rotatable bonds is 6. The van der Waals surface area contributed by atoms with Crippen LogP contribution in [0.5, 0.6) is 5.75 Å². The number of methoxy groups -OCH3 is 1. The molecule has 3 rings (SSSR count). The van der Waals surface area contributed by atoms with Gasteiger partial charge in [-0.25, -0.2) is 0 Å². The molecule has 6 heteroatoms. The van der Waals surface area contributed by atoms with E-state index in [1.54, 1.807) is 43.3 Å². The number of carbonyl (C=O) groups is 2. The number of hydrogen-bond acceptors (Lipinski definition) is 3. The number of hydrogen-bond donors (Lipinski definition) is 1. The van der Waals surface area contributed by atoms with Crippen LogP contribution in [0.15, 0.2) is 60.7 Å². The lowest BCUT2D eigenvalue weighted by atomic mass is 10.1. The SMILES string of the molecule is COc1ccc2cc(CN(C)C(=O)CNC(=O)c3cccc(Cl)c3)ccc2c1. The van der Waals surface area contributed by atoms with E-state index in [1.165, 1.54) is 0 Å². The van der Waals surface area contributed by atoms with Crippen molar-refractivity contribution in [2.45, 2.75) is 6.54 Å². The van der Waals surface area contributed by atoms with Crippen LogP contribution in [-0.2, 0) is 11.3 Å². The molecular formula is C22H21ClN2O3. The number of amides is 2. The fourth-order valence-electron chi connectivity index (χ4n) is 2.88. The normalized spacial score (nSPS) is 10.5. The summed E-state index contributed by atoms with van der Waals surface area (Å²) in [7, 11) is 3.35. The molecule has 0 spiro atoms. The number of fused-ring (bicyclic) bond motifs is 1. The first-order valence-electron chi connectivity index (χ1n) is 8.80. The Balaban J connectivity index is 1.59. The first kappa shape index (κ1) is 19.7. The zero-order valence-corrected chi connectivity index (χ0v) is 16.5. The van der Waals surface area contributed by atoms with Crippen LogP contribution in [0.1, 0.15) is 15.9 Å². The van der Waals surface area contributed by atoms with E-state index < -0.39 is 0 Å². The van der Waals surface area contributed by atoms with E-state index in [1.807, 2.05) is 36.4 Å². The topological polar surface area (TPSA) is 58.6 Å². The summed E-state index contributed by atoms with van der Waals surface area (Å²) in [6.07, 6.45) is 0. The largest absolute Gasteiger partial charge is 0.497 e. The Hall–Kier alpha value is -3.05. The zero-order chi connectivity index (χ0) is 20.1. The van der Waals surface area contributed by atoms with Crippen LogP contribution in [-0.4, -0.2) is 37.4 Å². The Bertz CT molecular complexity index is 1020. The third-order valence-electron chi connectivity index (χ3n) is 4.44. The third kappa shape index (κ3) is 4.81. The molecule has 0 radical (unpaired) electrons. The number of carbonyl (C=O) groups excluding carboxylic acids is 2. The molecule has 0 heterocycles. The van der Waals surface area contributed by atoms with Gasteiger partial charge in [-0.15, -0.1) is 0 Å². The maximum Gasteiger partial charge on any atom is 0.251 e. The second-order valence-electron chi connectivity index (χ2n) is 6.49. The van der Waals surface area contributed by atoms with E-state index in [2.05, 4.69) is 5.32 Å². The van der Waals surface area contributed by atoms with Gasteiger partial charge in [-0.2, -0.15) is 0 Å². The van der Waals surface area contributed by atoms with Crippen LogP contribution in [0, 0.1) is 0 Å². The molecule has 0 unspecified atom stereocenters.